The smallest absolute Gasteiger partial charge is 0.243 e. The second kappa shape index (κ2) is 9.48. The van der Waals surface area contributed by atoms with Gasteiger partial charge in [-0.2, -0.15) is 4.31 Å². The van der Waals surface area contributed by atoms with Crippen molar-refractivity contribution in [1.82, 2.24) is 9.62 Å². The van der Waals surface area contributed by atoms with E-state index in [1.165, 1.54) is 33.5 Å². The number of rotatable bonds is 5. The molecule has 2 heterocycles. The maximum atomic E-state index is 13.1. The number of thioether (sulfide) groups is 1. The lowest BCUT2D eigenvalue weighted by atomic mass is 9.86. The standard InChI is InChI=1S/C21H29N3O5S2/c1-15-4-2-3-5-17(15)22-20(25)13-24-18-12-16(6-7-19(18)30-14-21(24)26)31(27,28)23-8-10-29-11-9-23/h6-7,12,15,17H,2-5,8-11,13-14H2,1H3,(H,22,25). The molecule has 3 aliphatic rings. The first-order valence-electron chi connectivity index (χ1n) is 10.8. The number of benzene rings is 1. The zero-order valence-electron chi connectivity index (χ0n) is 17.7. The van der Waals surface area contributed by atoms with E-state index >= 15 is 0 Å². The van der Waals surface area contributed by atoms with Crippen molar-refractivity contribution in [1.29, 1.82) is 0 Å². The molecular formula is C21H29N3O5S2. The Kier molecular flexibility index (Phi) is 6.90. The molecule has 2 fully saturated rings. The van der Waals surface area contributed by atoms with Gasteiger partial charge >= 0.3 is 0 Å². The lowest BCUT2D eigenvalue weighted by Crippen LogP contribution is -2.48. The Balaban J connectivity index is 1.54. The van der Waals surface area contributed by atoms with Gasteiger partial charge in [0.25, 0.3) is 0 Å². The van der Waals surface area contributed by atoms with Crippen LogP contribution in [0.15, 0.2) is 28.0 Å². The maximum absolute atomic E-state index is 13.1. The molecule has 1 aromatic rings. The van der Waals surface area contributed by atoms with Crippen LogP contribution in [-0.2, 0) is 24.3 Å². The highest BCUT2D eigenvalue weighted by Crippen LogP contribution is 2.37. The van der Waals surface area contributed by atoms with Gasteiger partial charge in [-0.1, -0.05) is 19.8 Å². The largest absolute Gasteiger partial charge is 0.379 e. The summed E-state index contributed by atoms with van der Waals surface area (Å²) in [5.41, 5.74) is 0.488. The normalized spacial score (nSPS) is 25.2. The fraction of sp³-hybridized carbons (Fsp3) is 0.619. The van der Waals surface area contributed by atoms with Gasteiger partial charge in [-0.25, -0.2) is 8.42 Å². The number of morpholine rings is 1. The van der Waals surface area contributed by atoms with Gasteiger partial charge < -0.3 is 15.0 Å². The first kappa shape index (κ1) is 22.6. The highest BCUT2D eigenvalue weighted by molar-refractivity contribution is 8.00. The zero-order valence-corrected chi connectivity index (χ0v) is 19.3. The Labute approximate surface area is 187 Å². The number of fused-ring (bicyclic) bond motifs is 1. The van der Waals surface area contributed by atoms with Crippen molar-refractivity contribution in [2.45, 2.75) is 48.4 Å². The fourth-order valence-electron chi connectivity index (χ4n) is 4.38. The number of anilines is 1. The molecular weight excluding hydrogens is 438 g/mol. The highest BCUT2D eigenvalue weighted by Gasteiger charge is 2.32. The zero-order chi connectivity index (χ0) is 22.0. The van der Waals surface area contributed by atoms with Crippen LogP contribution in [0.3, 0.4) is 0 Å². The van der Waals surface area contributed by atoms with Crippen LogP contribution in [0.5, 0.6) is 0 Å². The molecule has 4 rings (SSSR count). The molecule has 2 amide bonds. The lowest BCUT2D eigenvalue weighted by molar-refractivity contribution is -0.123. The summed E-state index contributed by atoms with van der Waals surface area (Å²) >= 11 is 1.37. The Morgan fingerprint density at radius 3 is 2.71 bits per heavy atom. The van der Waals surface area contributed by atoms with E-state index in [1.54, 1.807) is 12.1 Å². The molecule has 170 valence electrons. The van der Waals surface area contributed by atoms with E-state index in [-0.39, 0.29) is 35.0 Å². The molecule has 31 heavy (non-hydrogen) atoms. The number of hydrogen-bond donors (Lipinski definition) is 1. The van der Waals surface area contributed by atoms with Crippen molar-refractivity contribution in [3.8, 4) is 0 Å². The molecule has 0 radical (unpaired) electrons. The van der Waals surface area contributed by atoms with Gasteiger partial charge in [-0.3, -0.25) is 9.59 Å². The van der Waals surface area contributed by atoms with Gasteiger partial charge in [0.2, 0.25) is 21.8 Å². The molecule has 0 bridgehead atoms. The quantitative estimate of drug-likeness (QED) is 0.710. The number of hydrogen-bond acceptors (Lipinski definition) is 6. The molecule has 2 aliphatic heterocycles. The number of nitrogens with one attached hydrogen (secondary N) is 1. The van der Waals surface area contributed by atoms with E-state index in [2.05, 4.69) is 12.2 Å². The predicted octanol–water partition coefficient (Wildman–Crippen LogP) is 1.84. The van der Waals surface area contributed by atoms with Gasteiger partial charge in [0, 0.05) is 24.0 Å². The molecule has 2 atom stereocenters. The summed E-state index contributed by atoms with van der Waals surface area (Å²) in [6.45, 7) is 3.38. The van der Waals surface area contributed by atoms with Crippen LogP contribution >= 0.6 is 11.8 Å². The highest BCUT2D eigenvalue weighted by atomic mass is 32.2. The van der Waals surface area contributed by atoms with Crippen molar-refractivity contribution in [2.75, 3.05) is 43.5 Å². The maximum Gasteiger partial charge on any atom is 0.243 e. The third-order valence-electron chi connectivity index (χ3n) is 6.24. The number of carbonyl (C=O) groups excluding carboxylic acids is 2. The minimum Gasteiger partial charge on any atom is -0.379 e. The molecule has 2 unspecified atom stereocenters. The van der Waals surface area contributed by atoms with Crippen molar-refractivity contribution in [3.05, 3.63) is 18.2 Å². The van der Waals surface area contributed by atoms with E-state index in [4.69, 9.17) is 4.74 Å². The van der Waals surface area contributed by atoms with Gasteiger partial charge in [0.1, 0.15) is 6.54 Å². The number of amides is 2. The fourth-order valence-corrected chi connectivity index (χ4v) is 6.72. The van der Waals surface area contributed by atoms with E-state index in [0.717, 1.165) is 24.2 Å². The molecule has 1 aromatic carbocycles. The van der Waals surface area contributed by atoms with Gasteiger partial charge in [0.15, 0.2) is 0 Å². The molecule has 0 spiro atoms. The number of nitrogens with zero attached hydrogens (tertiary/aromatic N) is 2. The summed E-state index contributed by atoms with van der Waals surface area (Å²) in [6.07, 6.45) is 4.33. The van der Waals surface area contributed by atoms with Gasteiger partial charge in [-0.15, -0.1) is 11.8 Å². The minimum atomic E-state index is -3.69. The van der Waals surface area contributed by atoms with Crippen molar-refractivity contribution >= 4 is 39.3 Å². The monoisotopic (exact) mass is 467 g/mol. The van der Waals surface area contributed by atoms with Crippen molar-refractivity contribution in [2.24, 2.45) is 5.92 Å². The second-order valence-electron chi connectivity index (χ2n) is 8.35. The SMILES string of the molecule is CC1CCCCC1NC(=O)CN1C(=O)CSc2ccc(S(=O)(=O)N3CCOCC3)cc21. The Morgan fingerprint density at radius 2 is 1.97 bits per heavy atom. The first-order valence-corrected chi connectivity index (χ1v) is 13.2. The third-order valence-corrected chi connectivity index (χ3v) is 9.18. The van der Waals surface area contributed by atoms with Crippen molar-refractivity contribution in [3.63, 3.8) is 0 Å². The molecule has 1 saturated carbocycles. The molecule has 10 heteroatoms. The Hall–Kier alpha value is -1.62. The van der Waals surface area contributed by atoms with Crippen LogP contribution < -0.4 is 10.2 Å². The average molecular weight is 468 g/mol. The average Bonchev–Trinajstić information content (AvgIpc) is 2.77. The summed E-state index contributed by atoms with van der Waals surface area (Å²) in [7, 11) is -3.69. The number of ether oxygens (including phenoxy) is 1. The topological polar surface area (TPSA) is 96.0 Å². The summed E-state index contributed by atoms with van der Waals surface area (Å²) in [5.74, 6) is 0.259. The molecule has 8 nitrogen and oxygen atoms in total. The van der Waals surface area contributed by atoms with Gasteiger partial charge in [-0.05, 0) is 37.0 Å². The van der Waals surface area contributed by atoms with E-state index in [0.29, 0.717) is 37.9 Å². The number of carbonyl (C=O) groups is 2. The molecule has 1 aliphatic carbocycles. The minimum absolute atomic E-state index is 0.101. The second-order valence-corrected chi connectivity index (χ2v) is 11.3. The predicted molar refractivity (Wildman–Crippen MR) is 119 cm³/mol. The van der Waals surface area contributed by atoms with Crippen LogP contribution in [0, 0.1) is 5.92 Å². The summed E-state index contributed by atoms with van der Waals surface area (Å²) in [4.78, 5) is 27.8. The summed E-state index contributed by atoms with van der Waals surface area (Å²) in [6, 6.07) is 4.96. The molecule has 0 aromatic heterocycles. The van der Waals surface area contributed by atoms with Crippen LogP contribution in [0.2, 0.25) is 0 Å². The summed E-state index contributed by atoms with van der Waals surface area (Å²) < 4.78 is 32.8. The first-order chi connectivity index (χ1) is 14.9. The van der Waals surface area contributed by atoms with Crippen molar-refractivity contribution < 1.29 is 22.7 Å². The van der Waals surface area contributed by atoms with Crippen LogP contribution in [0.1, 0.15) is 32.6 Å². The van der Waals surface area contributed by atoms with E-state index in [1.807, 2.05) is 0 Å². The number of sulfonamides is 1. The van der Waals surface area contributed by atoms with Crippen LogP contribution in [0.25, 0.3) is 0 Å². The van der Waals surface area contributed by atoms with E-state index in [9.17, 15) is 18.0 Å². The van der Waals surface area contributed by atoms with E-state index < -0.39 is 10.0 Å². The van der Waals surface area contributed by atoms with Crippen LogP contribution in [-0.4, -0.2) is 69.2 Å². The molecule has 1 saturated heterocycles. The lowest BCUT2D eigenvalue weighted by Gasteiger charge is -2.32. The van der Waals surface area contributed by atoms with Gasteiger partial charge in [0.05, 0.1) is 29.5 Å². The summed E-state index contributed by atoms with van der Waals surface area (Å²) in [5, 5.41) is 3.08. The Morgan fingerprint density at radius 1 is 1.23 bits per heavy atom. The molecule has 1 N–H and O–H groups in total. The Bertz CT molecular complexity index is 946. The third kappa shape index (κ3) is 4.92. The van der Waals surface area contributed by atoms with Crippen LogP contribution in [0.4, 0.5) is 5.69 Å².